The number of benzene rings is 1. The predicted octanol–water partition coefficient (Wildman–Crippen LogP) is 0.709. The number of halogens is 1. The van der Waals surface area contributed by atoms with Gasteiger partial charge < -0.3 is 15.1 Å². The van der Waals surface area contributed by atoms with Crippen molar-refractivity contribution in [3.63, 3.8) is 0 Å². The Morgan fingerprint density at radius 3 is 2.75 bits per heavy atom. The topological polar surface area (TPSA) is 113 Å². The monoisotopic (exact) mass is 430 g/mol. The lowest BCUT2D eigenvalue weighted by Crippen LogP contribution is -2.45. The lowest BCUT2D eigenvalue weighted by molar-refractivity contribution is -0.137. The molecule has 2 fully saturated rings. The largest absolute Gasteiger partial charge is 0.338 e. The van der Waals surface area contributed by atoms with E-state index in [0.717, 1.165) is 25.9 Å². The van der Waals surface area contributed by atoms with E-state index in [0.29, 0.717) is 12.2 Å². The van der Waals surface area contributed by atoms with Crippen LogP contribution in [0, 0.1) is 5.92 Å². The molecule has 0 aromatic heterocycles. The summed E-state index contributed by atoms with van der Waals surface area (Å²) in [5.41, 5.74) is 0.450. The smallest absolute Gasteiger partial charge is 0.238 e. The van der Waals surface area contributed by atoms with Crippen molar-refractivity contribution < 1.29 is 18.0 Å². The summed E-state index contributed by atoms with van der Waals surface area (Å²) < 4.78 is 23.1. The third-order valence-electron chi connectivity index (χ3n) is 5.15. The highest BCUT2D eigenvalue weighted by Crippen LogP contribution is 2.28. The van der Waals surface area contributed by atoms with Crippen molar-refractivity contribution in [1.29, 1.82) is 0 Å². The fourth-order valence-electron chi connectivity index (χ4n) is 3.80. The van der Waals surface area contributed by atoms with E-state index in [1.165, 1.54) is 17.0 Å². The Balaban J connectivity index is 0.00000280. The van der Waals surface area contributed by atoms with Gasteiger partial charge in [0, 0.05) is 37.8 Å². The molecule has 2 aliphatic rings. The van der Waals surface area contributed by atoms with E-state index in [1.54, 1.807) is 12.1 Å². The van der Waals surface area contributed by atoms with Gasteiger partial charge in [-0.25, -0.2) is 13.6 Å². The zero-order valence-electron chi connectivity index (χ0n) is 15.8. The first kappa shape index (κ1) is 22.6. The lowest BCUT2D eigenvalue weighted by atomic mass is 10.0. The summed E-state index contributed by atoms with van der Waals surface area (Å²) in [6, 6.07) is 6.14. The summed E-state index contributed by atoms with van der Waals surface area (Å²) in [4.78, 5) is 28.9. The van der Waals surface area contributed by atoms with Gasteiger partial charge in [-0.05, 0) is 37.6 Å². The number of amides is 2. The maximum Gasteiger partial charge on any atom is 0.238 e. The number of hydrogen-bond acceptors (Lipinski definition) is 5. The Morgan fingerprint density at radius 2 is 2.14 bits per heavy atom. The third-order valence-corrected chi connectivity index (χ3v) is 6.07. The van der Waals surface area contributed by atoms with Crippen LogP contribution in [0.2, 0.25) is 0 Å². The van der Waals surface area contributed by atoms with E-state index in [-0.39, 0.29) is 48.1 Å². The maximum atomic E-state index is 13.1. The minimum Gasteiger partial charge on any atom is -0.338 e. The fraction of sp³-hybridized carbons (Fsp3) is 0.556. The van der Waals surface area contributed by atoms with E-state index in [9.17, 15) is 18.0 Å². The highest BCUT2D eigenvalue weighted by molar-refractivity contribution is 7.89. The fourth-order valence-corrected chi connectivity index (χ4v) is 4.36. The molecular formula is C18H27ClN4O4S. The summed E-state index contributed by atoms with van der Waals surface area (Å²) in [6.07, 6.45) is 1.92. The first-order chi connectivity index (χ1) is 12.8. The van der Waals surface area contributed by atoms with Crippen molar-refractivity contribution >= 4 is 39.9 Å². The average molecular weight is 431 g/mol. The molecule has 2 amide bonds. The molecule has 156 valence electrons. The first-order valence-corrected chi connectivity index (χ1v) is 10.8. The number of rotatable bonds is 6. The summed E-state index contributed by atoms with van der Waals surface area (Å²) in [5.74, 6) is -0.590. The van der Waals surface area contributed by atoms with Crippen molar-refractivity contribution in [3.05, 3.63) is 24.3 Å². The molecule has 0 saturated carbocycles. The van der Waals surface area contributed by atoms with Crippen LogP contribution >= 0.6 is 12.4 Å². The van der Waals surface area contributed by atoms with E-state index in [2.05, 4.69) is 5.32 Å². The van der Waals surface area contributed by atoms with Crippen molar-refractivity contribution in [2.75, 3.05) is 31.1 Å². The standard InChI is InChI=1S/C18H26N4O4S.ClH/c1-2-8-21(15-6-7-20-11-15)18(24)13-9-17(23)22(12-13)14-4-3-5-16(10-14)27(19,25)26;/h3-5,10,13,15,20H,2,6-9,11-12H2,1H3,(H2,19,25,26);1H. The molecule has 2 unspecified atom stereocenters. The minimum atomic E-state index is -3.85. The first-order valence-electron chi connectivity index (χ1n) is 9.25. The van der Waals surface area contributed by atoms with Crippen LogP contribution in [0.5, 0.6) is 0 Å². The summed E-state index contributed by atoms with van der Waals surface area (Å²) >= 11 is 0. The number of hydrogen-bond donors (Lipinski definition) is 2. The molecule has 0 spiro atoms. The van der Waals surface area contributed by atoms with Crippen LogP contribution in [0.3, 0.4) is 0 Å². The van der Waals surface area contributed by atoms with Gasteiger partial charge in [0.2, 0.25) is 21.8 Å². The van der Waals surface area contributed by atoms with Crippen LogP contribution in [0.1, 0.15) is 26.2 Å². The van der Waals surface area contributed by atoms with E-state index >= 15 is 0 Å². The number of nitrogens with two attached hydrogens (primary N) is 1. The molecule has 8 nitrogen and oxygen atoms in total. The van der Waals surface area contributed by atoms with Crippen molar-refractivity contribution in [2.24, 2.45) is 11.1 Å². The van der Waals surface area contributed by atoms with Crippen molar-refractivity contribution in [2.45, 2.75) is 37.1 Å². The Bertz CT molecular complexity index is 827. The van der Waals surface area contributed by atoms with Gasteiger partial charge in [-0.15, -0.1) is 12.4 Å². The molecule has 0 bridgehead atoms. The molecule has 2 saturated heterocycles. The quantitative estimate of drug-likeness (QED) is 0.690. The highest BCUT2D eigenvalue weighted by atomic mass is 35.5. The second-order valence-corrected chi connectivity index (χ2v) is 8.69. The molecule has 0 radical (unpaired) electrons. The molecule has 2 aliphatic heterocycles. The molecule has 1 aromatic carbocycles. The summed E-state index contributed by atoms with van der Waals surface area (Å²) in [6.45, 7) is 4.65. The predicted molar refractivity (Wildman–Crippen MR) is 109 cm³/mol. The van der Waals surface area contributed by atoms with Gasteiger partial charge in [0.1, 0.15) is 0 Å². The van der Waals surface area contributed by atoms with Crippen molar-refractivity contribution in [1.82, 2.24) is 10.2 Å². The Labute approximate surface area is 171 Å². The van der Waals surface area contributed by atoms with E-state index in [4.69, 9.17) is 5.14 Å². The molecule has 2 heterocycles. The highest BCUT2D eigenvalue weighted by Gasteiger charge is 2.39. The van der Waals surface area contributed by atoms with Crippen LogP contribution in [-0.2, 0) is 19.6 Å². The molecule has 2 atom stereocenters. The summed E-state index contributed by atoms with van der Waals surface area (Å²) in [7, 11) is -3.85. The van der Waals surface area contributed by atoms with Gasteiger partial charge >= 0.3 is 0 Å². The maximum absolute atomic E-state index is 13.1. The molecule has 0 aliphatic carbocycles. The molecular weight excluding hydrogens is 404 g/mol. The van der Waals surface area contributed by atoms with E-state index < -0.39 is 15.9 Å². The second kappa shape index (κ2) is 9.21. The number of carbonyl (C=O) groups excluding carboxylic acids is 2. The van der Waals surface area contributed by atoms with E-state index in [1.807, 2.05) is 11.8 Å². The number of nitrogens with zero attached hydrogens (tertiary/aromatic N) is 2. The van der Waals surface area contributed by atoms with Gasteiger partial charge in [-0.1, -0.05) is 13.0 Å². The normalized spacial score (nSPS) is 22.2. The molecule has 10 heteroatoms. The number of primary sulfonamides is 1. The van der Waals surface area contributed by atoms with Gasteiger partial charge in [-0.3, -0.25) is 9.59 Å². The Kier molecular flexibility index (Phi) is 7.44. The Hall–Kier alpha value is -1.68. The van der Waals surface area contributed by atoms with Crippen LogP contribution in [0.4, 0.5) is 5.69 Å². The molecule has 28 heavy (non-hydrogen) atoms. The van der Waals surface area contributed by atoms with Gasteiger partial charge in [0.15, 0.2) is 0 Å². The third kappa shape index (κ3) is 4.83. The van der Waals surface area contributed by atoms with Crippen LogP contribution in [0.25, 0.3) is 0 Å². The van der Waals surface area contributed by atoms with Gasteiger partial charge in [0.25, 0.3) is 0 Å². The van der Waals surface area contributed by atoms with Crippen molar-refractivity contribution in [3.8, 4) is 0 Å². The zero-order chi connectivity index (χ0) is 19.6. The number of nitrogens with one attached hydrogen (secondary N) is 1. The van der Waals surface area contributed by atoms with Crippen LogP contribution < -0.4 is 15.4 Å². The molecule has 3 rings (SSSR count). The SMILES string of the molecule is CCCN(C(=O)C1CC(=O)N(c2cccc(S(N)(=O)=O)c2)C1)C1CCNC1.Cl. The average Bonchev–Trinajstić information content (AvgIpc) is 3.28. The van der Waals surface area contributed by atoms with Crippen LogP contribution in [0.15, 0.2) is 29.2 Å². The Morgan fingerprint density at radius 1 is 1.39 bits per heavy atom. The summed E-state index contributed by atoms with van der Waals surface area (Å²) in [5, 5.41) is 8.46. The molecule has 1 aromatic rings. The lowest BCUT2D eigenvalue weighted by Gasteiger charge is -2.30. The minimum absolute atomic E-state index is 0. The van der Waals surface area contributed by atoms with Gasteiger partial charge in [-0.2, -0.15) is 0 Å². The number of carbonyl (C=O) groups is 2. The number of anilines is 1. The van der Waals surface area contributed by atoms with Crippen LogP contribution in [-0.4, -0.2) is 57.4 Å². The van der Waals surface area contributed by atoms with Gasteiger partial charge in [0.05, 0.1) is 10.8 Å². The second-order valence-electron chi connectivity index (χ2n) is 7.13. The number of sulfonamides is 1. The zero-order valence-corrected chi connectivity index (χ0v) is 17.5. The molecule has 3 N–H and O–H groups in total.